The number of aromatic nitrogens is 1. The topological polar surface area (TPSA) is 95.4 Å². The SMILES string of the molecule is CN1CCC(=Nc2c([N+](=O)[O-])cnc3ccc(C#N)cc23)C1. The van der Waals surface area contributed by atoms with Gasteiger partial charge in [-0.1, -0.05) is 0 Å². The molecule has 22 heavy (non-hydrogen) atoms. The molecule has 0 atom stereocenters. The van der Waals surface area contributed by atoms with E-state index in [1.165, 1.54) is 6.20 Å². The second-order valence-electron chi connectivity index (χ2n) is 5.26. The molecule has 0 amide bonds. The molecule has 1 aliphatic rings. The van der Waals surface area contributed by atoms with Gasteiger partial charge in [-0.3, -0.25) is 10.1 Å². The Kier molecular flexibility index (Phi) is 3.53. The second kappa shape index (κ2) is 5.50. The lowest BCUT2D eigenvalue weighted by Gasteiger charge is -2.05. The van der Waals surface area contributed by atoms with E-state index in [9.17, 15) is 10.1 Å². The van der Waals surface area contributed by atoms with Crippen LogP contribution in [0.1, 0.15) is 12.0 Å². The number of benzene rings is 1. The van der Waals surface area contributed by atoms with Crippen LogP contribution < -0.4 is 0 Å². The summed E-state index contributed by atoms with van der Waals surface area (Å²) in [5, 5.41) is 20.9. The highest BCUT2D eigenvalue weighted by Crippen LogP contribution is 2.35. The Bertz CT molecular complexity index is 838. The molecule has 0 radical (unpaired) electrons. The first-order valence-electron chi connectivity index (χ1n) is 6.80. The highest BCUT2D eigenvalue weighted by Gasteiger charge is 2.21. The van der Waals surface area contributed by atoms with Crippen LogP contribution in [-0.4, -0.2) is 40.7 Å². The van der Waals surface area contributed by atoms with Crippen molar-refractivity contribution in [1.29, 1.82) is 5.26 Å². The van der Waals surface area contributed by atoms with Crippen LogP contribution in [0.15, 0.2) is 29.4 Å². The Labute approximate surface area is 126 Å². The van der Waals surface area contributed by atoms with Gasteiger partial charge in [0.05, 0.1) is 22.1 Å². The molecule has 1 saturated heterocycles. The number of pyridine rings is 1. The fourth-order valence-corrected chi connectivity index (χ4v) is 2.53. The highest BCUT2D eigenvalue weighted by molar-refractivity contribution is 6.00. The summed E-state index contributed by atoms with van der Waals surface area (Å²) in [7, 11) is 1.98. The number of likely N-dealkylation sites (tertiary alicyclic amines) is 1. The molecule has 3 rings (SSSR count). The molecule has 1 fully saturated rings. The molecule has 7 nitrogen and oxygen atoms in total. The van der Waals surface area contributed by atoms with Crippen molar-refractivity contribution >= 4 is 28.0 Å². The molecule has 0 N–H and O–H groups in total. The maximum absolute atomic E-state index is 11.3. The number of nitriles is 1. The number of aliphatic imine (C=N–C) groups is 1. The third-order valence-corrected chi connectivity index (χ3v) is 3.65. The van der Waals surface area contributed by atoms with E-state index in [0.717, 1.165) is 18.7 Å². The first kappa shape index (κ1) is 14.1. The molecule has 0 unspecified atom stereocenters. The fourth-order valence-electron chi connectivity index (χ4n) is 2.53. The highest BCUT2D eigenvalue weighted by atomic mass is 16.6. The maximum Gasteiger partial charge on any atom is 0.313 e. The molecule has 0 aliphatic carbocycles. The maximum atomic E-state index is 11.3. The monoisotopic (exact) mass is 295 g/mol. The van der Waals surface area contributed by atoms with Gasteiger partial charge in [-0.25, -0.2) is 9.98 Å². The smallest absolute Gasteiger partial charge is 0.301 e. The second-order valence-corrected chi connectivity index (χ2v) is 5.26. The molecular formula is C15H13N5O2. The molecule has 2 heterocycles. The normalized spacial score (nSPS) is 17.0. The van der Waals surface area contributed by atoms with Crippen molar-refractivity contribution in [2.75, 3.05) is 20.1 Å². The van der Waals surface area contributed by atoms with Gasteiger partial charge in [0.2, 0.25) is 0 Å². The number of nitro groups is 1. The average molecular weight is 295 g/mol. The van der Waals surface area contributed by atoms with Gasteiger partial charge in [-0.2, -0.15) is 5.26 Å². The summed E-state index contributed by atoms with van der Waals surface area (Å²) in [6, 6.07) is 6.97. The van der Waals surface area contributed by atoms with E-state index in [1.54, 1.807) is 18.2 Å². The zero-order valence-corrected chi connectivity index (χ0v) is 12.0. The number of hydrogen-bond acceptors (Lipinski definition) is 6. The Balaban J connectivity index is 2.25. The summed E-state index contributed by atoms with van der Waals surface area (Å²) in [5.41, 5.74) is 2.08. The number of hydrogen-bond donors (Lipinski definition) is 0. The van der Waals surface area contributed by atoms with Crippen LogP contribution in [0, 0.1) is 21.4 Å². The Morgan fingerprint density at radius 1 is 1.50 bits per heavy atom. The van der Waals surface area contributed by atoms with Gasteiger partial charge < -0.3 is 4.90 Å². The summed E-state index contributed by atoms with van der Waals surface area (Å²) >= 11 is 0. The Hall–Kier alpha value is -2.85. The summed E-state index contributed by atoms with van der Waals surface area (Å²) in [6.07, 6.45) is 2.02. The minimum atomic E-state index is -0.483. The lowest BCUT2D eigenvalue weighted by atomic mass is 10.1. The zero-order valence-electron chi connectivity index (χ0n) is 12.0. The third-order valence-electron chi connectivity index (χ3n) is 3.65. The summed E-state index contributed by atoms with van der Waals surface area (Å²) in [5.74, 6) is 0. The van der Waals surface area contributed by atoms with E-state index >= 15 is 0 Å². The van der Waals surface area contributed by atoms with Crippen LogP contribution in [0.5, 0.6) is 0 Å². The Morgan fingerprint density at radius 3 is 2.95 bits per heavy atom. The summed E-state index contributed by atoms with van der Waals surface area (Å²) in [4.78, 5) is 21.5. The van der Waals surface area contributed by atoms with Crippen LogP contribution in [0.3, 0.4) is 0 Å². The van der Waals surface area contributed by atoms with Crippen molar-refractivity contribution in [3.63, 3.8) is 0 Å². The standard InChI is InChI=1S/C15H13N5O2/c1-19-5-4-11(9-19)18-15-12-6-10(7-16)2-3-13(12)17-8-14(15)20(21)22/h2-3,6,8H,4-5,9H2,1H3. The average Bonchev–Trinajstić information content (AvgIpc) is 2.92. The quantitative estimate of drug-likeness (QED) is 0.626. The van der Waals surface area contributed by atoms with Crippen LogP contribution in [-0.2, 0) is 0 Å². The largest absolute Gasteiger partial charge is 0.313 e. The predicted octanol–water partition coefficient (Wildman–Crippen LogP) is 2.42. The van der Waals surface area contributed by atoms with Crippen molar-refractivity contribution in [3.8, 4) is 6.07 Å². The number of fused-ring (bicyclic) bond motifs is 1. The Morgan fingerprint density at radius 2 is 2.32 bits per heavy atom. The van der Waals surface area contributed by atoms with Gasteiger partial charge >= 0.3 is 5.69 Å². The van der Waals surface area contributed by atoms with E-state index in [4.69, 9.17) is 5.26 Å². The van der Waals surface area contributed by atoms with Crippen molar-refractivity contribution in [3.05, 3.63) is 40.1 Å². The molecule has 0 spiro atoms. The fraction of sp³-hybridized carbons (Fsp3) is 0.267. The molecule has 0 saturated carbocycles. The molecule has 2 aromatic rings. The van der Waals surface area contributed by atoms with Crippen molar-refractivity contribution in [2.45, 2.75) is 6.42 Å². The first-order valence-corrected chi connectivity index (χ1v) is 6.80. The first-order chi connectivity index (χ1) is 10.6. The molecular weight excluding hydrogens is 282 g/mol. The van der Waals surface area contributed by atoms with E-state index in [0.29, 0.717) is 23.0 Å². The van der Waals surface area contributed by atoms with Crippen molar-refractivity contribution in [1.82, 2.24) is 9.88 Å². The van der Waals surface area contributed by atoms with Gasteiger partial charge in [-0.15, -0.1) is 0 Å². The van der Waals surface area contributed by atoms with Crippen LogP contribution >= 0.6 is 0 Å². The number of rotatable bonds is 2. The van der Waals surface area contributed by atoms with E-state index < -0.39 is 4.92 Å². The van der Waals surface area contributed by atoms with Crippen LogP contribution in [0.4, 0.5) is 11.4 Å². The molecule has 7 heteroatoms. The molecule has 1 aromatic heterocycles. The zero-order chi connectivity index (χ0) is 15.7. The van der Waals surface area contributed by atoms with Gasteiger partial charge in [0, 0.05) is 24.2 Å². The minimum Gasteiger partial charge on any atom is -0.301 e. The van der Waals surface area contributed by atoms with Crippen LogP contribution in [0.2, 0.25) is 0 Å². The minimum absolute atomic E-state index is 0.135. The molecule has 110 valence electrons. The molecule has 1 aliphatic heterocycles. The summed E-state index contributed by atoms with van der Waals surface area (Å²) in [6.45, 7) is 1.58. The summed E-state index contributed by atoms with van der Waals surface area (Å²) < 4.78 is 0. The predicted molar refractivity (Wildman–Crippen MR) is 82.3 cm³/mol. The molecule has 0 bridgehead atoms. The van der Waals surface area contributed by atoms with E-state index in [-0.39, 0.29) is 11.4 Å². The van der Waals surface area contributed by atoms with Crippen molar-refractivity contribution < 1.29 is 4.92 Å². The van der Waals surface area contributed by atoms with Gasteiger partial charge in [0.15, 0.2) is 5.69 Å². The lowest BCUT2D eigenvalue weighted by molar-refractivity contribution is -0.384. The van der Waals surface area contributed by atoms with Crippen LogP contribution in [0.25, 0.3) is 10.9 Å². The third kappa shape index (κ3) is 2.52. The number of nitrogens with zero attached hydrogens (tertiary/aromatic N) is 5. The molecule has 1 aromatic carbocycles. The van der Waals surface area contributed by atoms with Gasteiger partial charge in [0.25, 0.3) is 0 Å². The van der Waals surface area contributed by atoms with E-state index in [2.05, 4.69) is 14.9 Å². The van der Waals surface area contributed by atoms with Gasteiger partial charge in [0.1, 0.15) is 6.20 Å². The van der Waals surface area contributed by atoms with Crippen molar-refractivity contribution in [2.24, 2.45) is 4.99 Å². The van der Waals surface area contributed by atoms with Gasteiger partial charge in [-0.05, 0) is 31.7 Å². The lowest BCUT2D eigenvalue weighted by Crippen LogP contribution is -2.13. The van der Waals surface area contributed by atoms with E-state index in [1.807, 2.05) is 13.1 Å².